The topological polar surface area (TPSA) is 12.9 Å². The molecule has 0 radical (unpaired) electrons. The average Bonchev–Trinajstić information content (AvgIpc) is 2.12. The van der Waals surface area contributed by atoms with Crippen LogP contribution >= 0.6 is 11.6 Å². The fourth-order valence-electron chi connectivity index (χ4n) is 1.09. The first-order valence-corrected chi connectivity index (χ1v) is 4.28. The van der Waals surface area contributed by atoms with E-state index < -0.39 is 0 Å². The Bertz CT molecular complexity index is 433. The van der Waals surface area contributed by atoms with Crippen LogP contribution in [0.4, 0.5) is 0 Å². The number of para-hydroxylation sites is 1. The Morgan fingerprint density at radius 2 is 1.92 bits per heavy atom. The van der Waals surface area contributed by atoms with Crippen LogP contribution in [0.15, 0.2) is 35.4 Å². The van der Waals surface area contributed by atoms with Crippen molar-refractivity contribution in [2.45, 2.75) is 4.90 Å². The summed E-state index contributed by atoms with van der Waals surface area (Å²) in [7, 11) is 0. The molecule has 0 unspecified atom stereocenters. The first-order chi connectivity index (χ1) is 5.79. The summed E-state index contributed by atoms with van der Waals surface area (Å²) in [5, 5.41) is 1.54. The molecule has 2 rings (SSSR count). The molecule has 0 amide bonds. The van der Waals surface area contributed by atoms with E-state index in [4.69, 9.17) is 24.2 Å². The third-order valence-electron chi connectivity index (χ3n) is 1.68. The van der Waals surface area contributed by atoms with Gasteiger partial charge in [0.05, 0.1) is 5.52 Å². The minimum absolute atomic E-state index is 0. The molecule has 4 heteroatoms. The summed E-state index contributed by atoms with van der Waals surface area (Å²) >= 11 is 11.0. The number of pyridine rings is 1. The molecular weight excluding hydrogens is 213 g/mol. The molecule has 1 nitrogen and oxygen atoms in total. The SMILES string of the molecule is [Na+].[S-]c1cnc2ccccc2c1Cl. The van der Waals surface area contributed by atoms with E-state index in [1.54, 1.807) is 6.20 Å². The van der Waals surface area contributed by atoms with E-state index in [1.807, 2.05) is 24.3 Å². The van der Waals surface area contributed by atoms with E-state index in [0.717, 1.165) is 10.9 Å². The summed E-state index contributed by atoms with van der Waals surface area (Å²) in [5.41, 5.74) is 0.885. The molecule has 0 atom stereocenters. The maximum atomic E-state index is 5.98. The van der Waals surface area contributed by atoms with E-state index in [-0.39, 0.29) is 29.6 Å². The van der Waals surface area contributed by atoms with E-state index in [0.29, 0.717) is 9.92 Å². The molecule has 0 N–H and O–H groups in total. The van der Waals surface area contributed by atoms with Crippen molar-refractivity contribution in [1.82, 2.24) is 4.98 Å². The van der Waals surface area contributed by atoms with Crippen LogP contribution in [0, 0.1) is 0 Å². The van der Waals surface area contributed by atoms with Gasteiger partial charge in [-0.15, -0.1) is 4.90 Å². The second-order valence-electron chi connectivity index (χ2n) is 2.45. The van der Waals surface area contributed by atoms with Crippen molar-refractivity contribution in [2.24, 2.45) is 0 Å². The van der Waals surface area contributed by atoms with Crippen molar-refractivity contribution in [1.29, 1.82) is 0 Å². The Labute approximate surface area is 109 Å². The van der Waals surface area contributed by atoms with E-state index in [1.165, 1.54) is 0 Å². The van der Waals surface area contributed by atoms with Gasteiger partial charge in [0.2, 0.25) is 0 Å². The standard InChI is InChI=1S/C9H6ClNS.Na/c10-9-6-3-1-2-4-7(6)11-5-8(9)12;/h1-5,12H;/q;+1/p-1. The van der Waals surface area contributed by atoms with Crippen molar-refractivity contribution in [3.05, 3.63) is 35.5 Å². The Morgan fingerprint density at radius 3 is 2.69 bits per heavy atom. The number of rotatable bonds is 0. The summed E-state index contributed by atoms with van der Waals surface area (Å²) in [4.78, 5) is 4.76. The maximum Gasteiger partial charge on any atom is 1.00 e. The van der Waals surface area contributed by atoms with Crippen LogP contribution in [0.3, 0.4) is 0 Å². The molecule has 0 fully saturated rings. The van der Waals surface area contributed by atoms with Crippen LogP contribution < -0.4 is 29.6 Å². The van der Waals surface area contributed by atoms with Crippen molar-refractivity contribution in [3.8, 4) is 0 Å². The van der Waals surface area contributed by atoms with Gasteiger partial charge in [0.1, 0.15) is 0 Å². The molecule has 0 saturated carbocycles. The van der Waals surface area contributed by atoms with Gasteiger partial charge in [-0.3, -0.25) is 4.98 Å². The zero-order chi connectivity index (χ0) is 8.55. The predicted molar refractivity (Wildman–Crippen MR) is 52.4 cm³/mol. The Morgan fingerprint density at radius 1 is 1.23 bits per heavy atom. The van der Waals surface area contributed by atoms with E-state index in [9.17, 15) is 0 Å². The quantitative estimate of drug-likeness (QED) is 0.448. The van der Waals surface area contributed by atoms with Crippen LogP contribution in [0.25, 0.3) is 10.9 Å². The molecule has 1 aromatic heterocycles. The van der Waals surface area contributed by atoms with Crippen molar-refractivity contribution in [2.75, 3.05) is 0 Å². The maximum absolute atomic E-state index is 5.98. The number of nitrogens with zero attached hydrogens (tertiary/aromatic N) is 1. The molecule has 0 bridgehead atoms. The average molecular weight is 218 g/mol. The monoisotopic (exact) mass is 217 g/mol. The van der Waals surface area contributed by atoms with E-state index >= 15 is 0 Å². The van der Waals surface area contributed by atoms with Gasteiger partial charge in [-0.25, -0.2) is 0 Å². The van der Waals surface area contributed by atoms with Crippen LogP contribution in [0.1, 0.15) is 0 Å². The normalized spacial score (nSPS) is 9.62. The zero-order valence-corrected chi connectivity index (χ0v) is 10.7. The summed E-state index contributed by atoms with van der Waals surface area (Å²) in [6.45, 7) is 0. The fourth-order valence-corrected chi connectivity index (χ4v) is 1.46. The molecule has 0 spiro atoms. The van der Waals surface area contributed by atoms with Gasteiger partial charge in [0.25, 0.3) is 0 Å². The van der Waals surface area contributed by atoms with Gasteiger partial charge in [0.15, 0.2) is 0 Å². The summed E-state index contributed by atoms with van der Waals surface area (Å²) in [6.07, 6.45) is 1.61. The van der Waals surface area contributed by atoms with Crippen LogP contribution in [0.2, 0.25) is 5.02 Å². The third-order valence-corrected chi connectivity index (χ3v) is 2.51. The summed E-state index contributed by atoms with van der Waals surface area (Å²) < 4.78 is 0. The molecule has 2 aromatic rings. The number of benzene rings is 1. The second-order valence-corrected chi connectivity index (χ2v) is 3.27. The molecule has 0 aliphatic heterocycles. The van der Waals surface area contributed by atoms with Crippen molar-refractivity contribution >= 4 is 35.1 Å². The number of fused-ring (bicyclic) bond motifs is 1. The van der Waals surface area contributed by atoms with Gasteiger partial charge in [0, 0.05) is 16.6 Å². The molecule has 0 aliphatic carbocycles. The van der Waals surface area contributed by atoms with Gasteiger partial charge in [-0.2, -0.15) is 0 Å². The van der Waals surface area contributed by atoms with Crippen molar-refractivity contribution in [3.63, 3.8) is 0 Å². The van der Waals surface area contributed by atoms with Crippen LogP contribution in [0.5, 0.6) is 0 Å². The van der Waals surface area contributed by atoms with Gasteiger partial charge in [-0.1, -0.05) is 29.8 Å². The zero-order valence-electron chi connectivity index (χ0n) is 7.12. The first-order valence-electron chi connectivity index (χ1n) is 3.49. The molecule has 1 heterocycles. The Hall–Kier alpha value is 0.140. The number of hydrogen-bond donors (Lipinski definition) is 0. The number of halogens is 1. The smallest absolute Gasteiger partial charge is 0.777 e. The first kappa shape index (κ1) is 11.2. The van der Waals surface area contributed by atoms with Crippen molar-refractivity contribution < 1.29 is 29.6 Å². The molecule has 60 valence electrons. The molecule has 0 aliphatic rings. The third kappa shape index (κ3) is 2.14. The molecular formula is C9H5ClNNaS. The van der Waals surface area contributed by atoms with Gasteiger partial charge >= 0.3 is 29.6 Å². The molecule has 0 saturated heterocycles. The second kappa shape index (κ2) is 4.58. The number of hydrogen-bond acceptors (Lipinski definition) is 2. The van der Waals surface area contributed by atoms with Gasteiger partial charge in [-0.05, 0) is 6.07 Å². The predicted octanol–water partition coefficient (Wildman–Crippen LogP) is -0.202. The Kier molecular flexibility index (Phi) is 3.95. The summed E-state index contributed by atoms with van der Waals surface area (Å²) in [5.74, 6) is 0. The minimum atomic E-state index is 0. The fraction of sp³-hybridized carbons (Fsp3) is 0. The van der Waals surface area contributed by atoms with Gasteiger partial charge < -0.3 is 12.6 Å². The van der Waals surface area contributed by atoms with E-state index in [2.05, 4.69) is 4.98 Å². The molecule has 1 aromatic carbocycles. The minimum Gasteiger partial charge on any atom is -0.777 e. The number of aromatic nitrogens is 1. The van der Waals surface area contributed by atoms with Crippen LogP contribution in [-0.4, -0.2) is 4.98 Å². The van der Waals surface area contributed by atoms with Crippen LogP contribution in [-0.2, 0) is 12.6 Å². The summed E-state index contributed by atoms with van der Waals surface area (Å²) in [6, 6.07) is 7.68. The Balaban J connectivity index is 0.000000845. The molecule has 13 heavy (non-hydrogen) atoms. The largest absolute Gasteiger partial charge is 1.00 e.